The summed E-state index contributed by atoms with van der Waals surface area (Å²) < 4.78 is 5.68. The van der Waals surface area contributed by atoms with E-state index in [1.807, 2.05) is 32.9 Å². The minimum Gasteiger partial charge on any atom is -0.483 e. The van der Waals surface area contributed by atoms with Crippen molar-refractivity contribution in [3.05, 3.63) is 58.7 Å². The zero-order chi connectivity index (χ0) is 18.6. The Morgan fingerprint density at radius 1 is 1.00 bits per heavy atom. The molecule has 0 saturated carbocycles. The zero-order valence-electron chi connectivity index (χ0n) is 15.3. The molecule has 0 aliphatic heterocycles. The van der Waals surface area contributed by atoms with Crippen LogP contribution in [0, 0.1) is 20.8 Å². The topological polar surface area (TPSA) is 58.6 Å². The second kappa shape index (κ2) is 7.83. The standard InChI is InChI=1S/C20H24N2O3/c1-13-10-14(2)19(15(3)11-13)25-12-18(23)21-17-8-6-16(7-9-17)20(24)22(4)5/h6-11H,12H2,1-5H3,(H,21,23). The van der Waals surface area contributed by atoms with Gasteiger partial charge in [-0.05, 0) is 56.2 Å². The molecule has 0 spiro atoms. The number of nitrogens with one attached hydrogen (secondary N) is 1. The van der Waals surface area contributed by atoms with Crippen LogP contribution >= 0.6 is 0 Å². The highest BCUT2D eigenvalue weighted by atomic mass is 16.5. The normalized spacial score (nSPS) is 10.3. The van der Waals surface area contributed by atoms with E-state index >= 15 is 0 Å². The molecule has 0 atom stereocenters. The Morgan fingerprint density at radius 3 is 2.08 bits per heavy atom. The van der Waals surface area contributed by atoms with Crippen molar-refractivity contribution >= 4 is 17.5 Å². The number of nitrogens with zero attached hydrogens (tertiary/aromatic N) is 1. The predicted octanol–water partition coefficient (Wildman–Crippen LogP) is 3.33. The second-order valence-corrected chi connectivity index (χ2v) is 6.34. The Morgan fingerprint density at radius 2 is 1.56 bits per heavy atom. The quantitative estimate of drug-likeness (QED) is 0.908. The maximum atomic E-state index is 12.1. The van der Waals surface area contributed by atoms with Gasteiger partial charge in [-0.15, -0.1) is 0 Å². The summed E-state index contributed by atoms with van der Waals surface area (Å²) >= 11 is 0. The number of rotatable bonds is 5. The summed E-state index contributed by atoms with van der Waals surface area (Å²) in [7, 11) is 3.40. The first-order chi connectivity index (χ1) is 11.8. The largest absolute Gasteiger partial charge is 0.483 e. The van der Waals surface area contributed by atoms with E-state index in [9.17, 15) is 9.59 Å². The molecule has 1 N–H and O–H groups in total. The van der Waals surface area contributed by atoms with E-state index in [0.29, 0.717) is 11.3 Å². The van der Waals surface area contributed by atoms with Gasteiger partial charge in [-0.3, -0.25) is 9.59 Å². The predicted molar refractivity (Wildman–Crippen MR) is 99.2 cm³/mol. The number of hydrogen-bond donors (Lipinski definition) is 1. The lowest BCUT2D eigenvalue weighted by Gasteiger charge is -2.13. The van der Waals surface area contributed by atoms with Crippen molar-refractivity contribution in [3.63, 3.8) is 0 Å². The highest BCUT2D eigenvalue weighted by molar-refractivity contribution is 5.95. The number of hydrogen-bond acceptors (Lipinski definition) is 3. The van der Waals surface area contributed by atoms with Crippen molar-refractivity contribution in [2.24, 2.45) is 0 Å². The minimum atomic E-state index is -0.244. The lowest BCUT2D eigenvalue weighted by molar-refractivity contribution is -0.118. The van der Waals surface area contributed by atoms with Crippen LogP contribution in [0.4, 0.5) is 5.69 Å². The first-order valence-corrected chi connectivity index (χ1v) is 8.10. The maximum Gasteiger partial charge on any atom is 0.262 e. The van der Waals surface area contributed by atoms with Gasteiger partial charge in [0.2, 0.25) is 0 Å². The third kappa shape index (κ3) is 4.83. The molecule has 0 heterocycles. The van der Waals surface area contributed by atoms with Gasteiger partial charge in [0.05, 0.1) is 0 Å². The molecule has 2 aromatic carbocycles. The highest BCUT2D eigenvalue weighted by Crippen LogP contribution is 2.24. The Hall–Kier alpha value is -2.82. The molecule has 0 aliphatic rings. The van der Waals surface area contributed by atoms with Crippen LogP contribution in [-0.2, 0) is 4.79 Å². The summed E-state index contributed by atoms with van der Waals surface area (Å²) in [5.74, 6) is 0.422. The van der Waals surface area contributed by atoms with Crippen LogP contribution < -0.4 is 10.1 Å². The Balaban J connectivity index is 1.96. The smallest absolute Gasteiger partial charge is 0.262 e. The summed E-state index contributed by atoms with van der Waals surface area (Å²) in [6.07, 6.45) is 0. The van der Waals surface area contributed by atoms with Gasteiger partial charge in [0, 0.05) is 25.3 Å². The van der Waals surface area contributed by atoms with E-state index in [4.69, 9.17) is 4.74 Å². The number of carbonyl (C=O) groups excluding carboxylic acids is 2. The van der Waals surface area contributed by atoms with Gasteiger partial charge in [0.15, 0.2) is 6.61 Å². The lowest BCUT2D eigenvalue weighted by atomic mass is 10.1. The van der Waals surface area contributed by atoms with E-state index in [-0.39, 0.29) is 18.4 Å². The summed E-state index contributed by atoms with van der Waals surface area (Å²) in [5, 5.41) is 2.77. The Kier molecular flexibility index (Phi) is 5.80. The summed E-state index contributed by atoms with van der Waals surface area (Å²) in [6, 6.07) is 10.8. The van der Waals surface area contributed by atoms with Crippen LogP contribution in [0.1, 0.15) is 27.0 Å². The van der Waals surface area contributed by atoms with Gasteiger partial charge < -0.3 is 15.0 Å². The first-order valence-electron chi connectivity index (χ1n) is 8.10. The van der Waals surface area contributed by atoms with Gasteiger partial charge in [-0.2, -0.15) is 0 Å². The van der Waals surface area contributed by atoms with Gasteiger partial charge in [0.1, 0.15) is 5.75 Å². The molecule has 2 aromatic rings. The molecule has 0 saturated heterocycles. The molecule has 5 heteroatoms. The van der Waals surface area contributed by atoms with E-state index in [1.165, 1.54) is 10.5 Å². The molecule has 0 unspecified atom stereocenters. The highest BCUT2D eigenvalue weighted by Gasteiger charge is 2.10. The molecule has 25 heavy (non-hydrogen) atoms. The van der Waals surface area contributed by atoms with Crippen LogP contribution in [0.2, 0.25) is 0 Å². The second-order valence-electron chi connectivity index (χ2n) is 6.34. The number of benzene rings is 2. The van der Waals surface area contributed by atoms with Crippen LogP contribution in [0.15, 0.2) is 36.4 Å². The van der Waals surface area contributed by atoms with E-state index in [2.05, 4.69) is 5.32 Å². The van der Waals surface area contributed by atoms with Gasteiger partial charge >= 0.3 is 0 Å². The fourth-order valence-electron chi connectivity index (χ4n) is 2.68. The summed E-state index contributed by atoms with van der Waals surface area (Å²) in [6.45, 7) is 5.89. The molecular weight excluding hydrogens is 316 g/mol. The molecular formula is C20H24N2O3. The number of anilines is 1. The molecule has 0 aromatic heterocycles. The van der Waals surface area contributed by atoms with E-state index < -0.39 is 0 Å². The number of amides is 2. The molecule has 2 rings (SSSR count). The average molecular weight is 340 g/mol. The van der Waals surface area contributed by atoms with Gasteiger partial charge in [-0.25, -0.2) is 0 Å². The van der Waals surface area contributed by atoms with Crippen molar-refractivity contribution < 1.29 is 14.3 Å². The van der Waals surface area contributed by atoms with E-state index in [1.54, 1.807) is 38.4 Å². The SMILES string of the molecule is Cc1cc(C)c(OCC(=O)Nc2ccc(C(=O)N(C)C)cc2)c(C)c1. The lowest BCUT2D eigenvalue weighted by Crippen LogP contribution is -2.22. The monoisotopic (exact) mass is 340 g/mol. The third-order valence-electron chi connectivity index (χ3n) is 3.77. The van der Waals surface area contributed by atoms with Crippen LogP contribution in [0.3, 0.4) is 0 Å². The van der Waals surface area contributed by atoms with E-state index in [0.717, 1.165) is 16.9 Å². The zero-order valence-corrected chi connectivity index (χ0v) is 15.3. The average Bonchev–Trinajstić information content (AvgIpc) is 2.53. The van der Waals surface area contributed by atoms with Gasteiger partial charge in [0.25, 0.3) is 11.8 Å². The van der Waals surface area contributed by atoms with Crippen molar-refractivity contribution in [2.75, 3.05) is 26.0 Å². The minimum absolute atomic E-state index is 0.0663. The fraction of sp³-hybridized carbons (Fsp3) is 0.300. The number of aryl methyl sites for hydroxylation is 3. The van der Waals surface area contributed by atoms with Crippen molar-refractivity contribution in [2.45, 2.75) is 20.8 Å². The molecule has 0 radical (unpaired) electrons. The molecule has 132 valence electrons. The third-order valence-corrected chi connectivity index (χ3v) is 3.77. The molecule has 0 aliphatic carbocycles. The number of ether oxygens (including phenoxy) is 1. The van der Waals surface area contributed by atoms with Crippen molar-refractivity contribution in [3.8, 4) is 5.75 Å². The first kappa shape index (κ1) is 18.5. The number of carbonyl (C=O) groups is 2. The molecule has 0 bridgehead atoms. The molecule has 2 amide bonds. The maximum absolute atomic E-state index is 12.1. The molecule has 5 nitrogen and oxygen atoms in total. The van der Waals surface area contributed by atoms with Crippen LogP contribution in [-0.4, -0.2) is 37.4 Å². The Bertz CT molecular complexity index is 757. The van der Waals surface area contributed by atoms with Crippen LogP contribution in [0.5, 0.6) is 5.75 Å². The summed E-state index contributed by atoms with van der Waals surface area (Å²) in [4.78, 5) is 25.4. The van der Waals surface area contributed by atoms with Crippen LogP contribution in [0.25, 0.3) is 0 Å². The summed E-state index contributed by atoms with van der Waals surface area (Å²) in [5.41, 5.74) is 4.39. The Labute approximate surface area is 148 Å². The van der Waals surface area contributed by atoms with Gasteiger partial charge in [-0.1, -0.05) is 17.7 Å². The van der Waals surface area contributed by atoms with Crippen molar-refractivity contribution in [1.82, 2.24) is 4.90 Å². The molecule has 0 fully saturated rings. The van der Waals surface area contributed by atoms with Crippen molar-refractivity contribution in [1.29, 1.82) is 0 Å². The fourth-order valence-corrected chi connectivity index (χ4v) is 2.68.